The van der Waals surface area contributed by atoms with Crippen LogP contribution in [0.15, 0.2) is 18.2 Å². The van der Waals surface area contributed by atoms with Crippen molar-refractivity contribution in [2.45, 2.75) is 12.0 Å². The average Bonchev–Trinajstić information content (AvgIpc) is 2.73. The van der Waals surface area contributed by atoms with Crippen molar-refractivity contribution in [2.75, 3.05) is 33.4 Å². The first kappa shape index (κ1) is 14.1. The van der Waals surface area contributed by atoms with Gasteiger partial charge in [0.05, 0.1) is 16.7 Å². The van der Waals surface area contributed by atoms with E-state index in [1.165, 1.54) is 0 Å². The fourth-order valence-corrected chi connectivity index (χ4v) is 2.84. The van der Waals surface area contributed by atoms with Crippen LogP contribution in [-0.2, 0) is 10.3 Å². The second-order valence-corrected chi connectivity index (χ2v) is 5.44. The van der Waals surface area contributed by atoms with Crippen LogP contribution < -0.4 is 0 Å². The second-order valence-electron chi connectivity index (χ2n) is 4.65. The number of aliphatic hydroxyl groups is 1. The summed E-state index contributed by atoms with van der Waals surface area (Å²) in [4.78, 5) is 2.17. The molecule has 18 heavy (non-hydrogen) atoms. The number of β-amino-alcohol motifs (C(OH)–C–C–N with tert-alkyl or cyclic N) is 1. The molecular weight excluding hydrogens is 273 g/mol. The number of halogens is 2. The van der Waals surface area contributed by atoms with Crippen LogP contribution in [0.2, 0.25) is 10.0 Å². The summed E-state index contributed by atoms with van der Waals surface area (Å²) < 4.78 is 5.05. The first-order valence-electron chi connectivity index (χ1n) is 5.95. The Kier molecular flexibility index (Phi) is 4.51. The third kappa shape index (κ3) is 2.81. The van der Waals surface area contributed by atoms with E-state index in [1.807, 2.05) is 12.1 Å². The first-order valence-corrected chi connectivity index (χ1v) is 6.70. The minimum atomic E-state index is -0.907. The topological polar surface area (TPSA) is 32.7 Å². The fourth-order valence-electron chi connectivity index (χ4n) is 2.37. The quantitative estimate of drug-likeness (QED) is 0.925. The van der Waals surface area contributed by atoms with Crippen molar-refractivity contribution in [3.05, 3.63) is 33.8 Å². The molecule has 0 aliphatic carbocycles. The van der Waals surface area contributed by atoms with Crippen molar-refractivity contribution in [3.8, 4) is 0 Å². The molecule has 1 aromatic carbocycles. The van der Waals surface area contributed by atoms with Gasteiger partial charge >= 0.3 is 0 Å². The van der Waals surface area contributed by atoms with Crippen LogP contribution in [0.4, 0.5) is 0 Å². The van der Waals surface area contributed by atoms with Crippen LogP contribution in [0.25, 0.3) is 0 Å². The van der Waals surface area contributed by atoms with Crippen molar-refractivity contribution in [2.24, 2.45) is 0 Å². The molecule has 3 nitrogen and oxygen atoms in total. The zero-order valence-electron chi connectivity index (χ0n) is 10.3. The van der Waals surface area contributed by atoms with Gasteiger partial charge in [0.2, 0.25) is 0 Å². The summed E-state index contributed by atoms with van der Waals surface area (Å²) in [5.41, 5.74) is -0.188. The summed E-state index contributed by atoms with van der Waals surface area (Å²) in [5, 5.41) is 11.7. The third-order valence-electron chi connectivity index (χ3n) is 3.39. The molecule has 1 fully saturated rings. The first-order chi connectivity index (χ1) is 8.57. The van der Waals surface area contributed by atoms with Crippen molar-refractivity contribution < 1.29 is 9.84 Å². The molecule has 1 aliphatic heterocycles. The summed E-state index contributed by atoms with van der Waals surface area (Å²) in [5.74, 6) is 0. The summed E-state index contributed by atoms with van der Waals surface area (Å²) in [6.45, 7) is 2.88. The van der Waals surface area contributed by atoms with E-state index in [4.69, 9.17) is 27.9 Å². The number of hydrogen-bond donors (Lipinski definition) is 1. The number of ether oxygens (including phenoxy) is 1. The SMILES string of the molecule is COCCN1CCC(O)(c2cccc(Cl)c2Cl)C1. The van der Waals surface area contributed by atoms with Gasteiger partial charge in [-0.2, -0.15) is 0 Å². The molecule has 0 saturated carbocycles. The normalized spacial score (nSPS) is 24.7. The lowest BCUT2D eigenvalue weighted by atomic mass is 9.93. The van der Waals surface area contributed by atoms with E-state index in [9.17, 15) is 5.11 Å². The molecule has 0 aromatic heterocycles. The number of benzene rings is 1. The predicted octanol–water partition coefficient (Wildman–Crippen LogP) is 2.53. The second kappa shape index (κ2) is 5.76. The van der Waals surface area contributed by atoms with Gasteiger partial charge in [-0.05, 0) is 12.5 Å². The molecule has 5 heteroatoms. The average molecular weight is 290 g/mol. The minimum Gasteiger partial charge on any atom is -0.384 e. The van der Waals surface area contributed by atoms with Gasteiger partial charge in [-0.15, -0.1) is 0 Å². The highest BCUT2D eigenvalue weighted by molar-refractivity contribution is 6.42. The van der Waals surface area contributed by atoms with Gasteiger partial charge in [-0.25, -0.2) is 0 Å². The molecule has 100 valence electrons. The molecule has 1 atom stereocenters. The summed E-state index contributed by atoms with van der Waals surface area (Å²) in [6.07, 6.45) is 0.663. The summed E-state index contributed by atoms with van der Waals surface area (Å²) in [6, 6.07) is 5.39. The molecule has 0 spiro atoms. The van der Waals surface area contributed by atoms with E-state index in [1.54, 1.807) is 13.2 Å². The van der Waals surface area contributed by atoms with Crippen molar-refractivity contribution in [3.63, 3.8) is 0 Å². The molecule has 2 rings (SSSR count). The molecule has 0 bridgehead atoms. The standard InChI is InChI=1S/C13H17Cl2NO2/c1-18-8-7-16-6-5-13(17,9-16)10-3-2-4-11(14)12(10)15/h2-4,17H,5-9H2,1H3. The maximum absolute atomic E-state index is 10.7. The van der Waals surface area contributed by atoms with E-state index in [0.29, 0.717) is 29.6 Å². The van der Waals surface area contributed by atoms with E-state index in [-0.39, 0.29) is 0 Å². The van der Waals surface area contributed by atoms with Gasteiger partial charge in [0.15, 0.2) is 0 Å². The van der Waals surface area contributed by atoms with Crippen molar-refractivity contribution in [1.29, 1.82) is 0 Å². The Morgan fingerprint density at radius 3 is 2.94 bits per heavy atom. The molecular formula is C13H17Cl2NO2. The Hall–Kier alpha value is -0.320. The van der Waals surface area contributed by atoms with Crippen molar-refractivity contribution >= 4 is 23.2 Å². The van der Waals surface area contributed by atoms with Crippen LogP contribution in [0.5, 0.6) is 0 Å². The molecule has 1 aromatic rings. The van der Waals surface area contributed by atoms with Gasteiger partial charge in [0.25, 0.3) is 0 Å². The zero-order valence-corrected chi connectivity index (χ0v) is 11.8. The number of hydrogen-bond acceptors (Lipinski definition) is 3. The van der Waals surface area contributed by atoms with Crippen LogP contribution in [0.1, 0.15) is 12.0 Å². The third-order valence-corrected chi connectivity index (χ3v) is 4.21. The lowest BCUT2D eigenvalue weighted by Crippen LogP contribution is -2.32. The monoisotopic (exact) mass is 289 g/mol. The number of methoxy groups -OCH3 is 1. The molecule has 1 unspecified atom stereocenters. The highest BCUT2D eigenvalue weighted by atomic mass is 35.5. The summed E-state index contributed by atoms with van der Waals surface area (Å²) >= 11 is 12.2. The van der Waals surface area contributed by atoms with Crippen LogP contribution >= 0.6 is 23.2 Å². The van der Waals surface area contributed by atoms with Gasteiger partial charge in [0, 0.05) is 32.3 Å². The van der Waals surface area contributed by atoms with E-state index >= 15 is 0 Å². The van der Waals surface area contributed by atoms with Gasteiger partial charge < -0.3 is 9.84 Å². The highest BCUT2D eigenvalue weighted by Crippen LogP contribution is 2.38. The van der Waals surface area contributed by atoms with Gasteiger partial charge in [0.1, 0.15) is 5.60 Å². The lowest BCUT2D eigenvalue weighted by molar-refractivity contribution is 0.0429. The molecule has 0 amide bonds. The minimum absolute atomic E-state index is 0.454. The number of rotatable bonds is 4. The van der Waals surface area contributed by atoms with Gasteiger partial charge in [-0.1, -0.05) is 35.3 Å². The Labute approximate surface area is 117 Å². The van der Waals surface area contributed by atoms with Gasteiger partial charge in [-0.3, -0.25) is 4.90 Å². The zero-order chi connectivity index (χ0) is 13.2. The Morgan fingerprint density at radius 2 is 2.22 bits per heavy atom. The maximum atomic E-state index is 10.7. The largest absolute Gasteiger partial charge is 0.384 e. The van der Waals surface area contributed by atoms with E-state index in [0.717, 1.165) is 18.7 Å². The smallest absolute Gasteiger partial charge is 0.105 e. The lowest BCUT2D eigenvalue weighted by Gasteiger charge is -2.25. The van der Waals surface area contributed by atoms with Crippen LogP contribution in [-0.4, -0.2) is 43.4 Å². The van der Waals surface area contributed by atoms with Crippen molar-refractivity contribution in [1.82, 2.24) is 4.90 Å². The fraction of sp³-hybridized carbons (Fsp3) is 0.538. The molecule has 1 aliphatic rings. The van der Waals surface area contributed by atoms with Crippen LogP contribution in [0.3, 0.4) is 0 Å². The van der Waals surface area contributed by atoms with E-state index < -0.39 is 5.60 Å². The number of nitrogens with zero attached hydrogens (tertiary/aromatic N) is 1. The Morgan fingerprint density at radius 1 is 1.44 bits per heavy atom. The summed E-state index contributed by atoms with van der Waals surface area (Å²) in [7, 11) is 1.68. The Balaban J connectivity index is 2.15. The predicted molar refractivity (Wildman–Crippen MR) is 73.3 cm³/mol. The Bertz CT molecular complexity index is 427. The molecule has 1 heterocycles. The highest BCUT2D eigenvalue weighted by Gasteiger charge is 2.39. The van der Waals surface area contributed by atoms with Crippen LogP contribution in [0, 0.1) is 0 Å². The molecule has 0 radical (unpaired) electrons. The van der Waals surface area contributed by atoms with E-state index in [2.05, 4.69) is 4.90 Å². The molecule has 1 saturated heterocycles. The maximum Gasteiger partial charge on any atom is 0.105 e. The number of likely N-dealkylation sites (tertiary alicyclic amines) is 1. The molecule has 1 N–H and O–H groups in total.